The highest BCUT2D eigenvalue weighted by Crippen LogP contribution is 2.36. The van der Waals surface area contributed by atoms with Crippen LogP contribution in [0.2, 0.25) is 10.0 Å². The van der Waals surface area contributed by atoms with Crippen LogP contribution in [-0.4, -0.2) is 18.3 Å². The first-order valence-electron chi connectivity index (χ1n) is 6.03. The van der Waals surface area contributed by atoms with E-state index in [4.69, 9.17) is 23.2 Å². The lowest BCUT2D eigenvalue weighted by atomic mass is 10.2. The summed E-state index contributed by atoms with van der Waals surface area (Å²) in [4.78, 5) is 19.7. The maximum atomic E-state index is 12.4. The van der Waals surface area contributed by atoms with Gasteiger partial charge in [-0.05, 0) is 24.3 Å². The van der Waals surface area contributed by atoms with Crippen LogP contribution in [-0.2, 0) is 10.0 Å². The zero-order valence-corrected chi connectivity index (χ0v) is 13.8. The molecule has 0 spiro atoms. The summed E-state index contributed by atoms with van der Waals surface area (Å²) in [7, 11) is -4.45. The van der Waals surface area contributed by atoms with Gasteiger partial charge in [-0.15, -0.1) is 0 Å². The molecule has 0 amide bonds. The summed E-state index contributed by atoms with van der Waals surface area (Å²) in [5.41, 5.74) is -2.32. The third kappa shape index (κ3) is 3.55. The summed E-state index contributed by atoms with van der Waals surface area (Å²) in [5.74, 6) is 0. The second-order valence-corrected chi connectivity index (χ2v) is 6.86. The van der Waals surface area contributed by atoms with E-state index in [1.54, 1.807) is 0 Å². The fourth-order valence-electron chi connectivity index (χ4n) is 1.81. The molecule has 9 nitrogen and oxygen atoms in total. The van der Waals surface area contributed by atoms with Gasteiger partial charge >= 0.3 is 0 Å². The average Bonchev–Trinajstić information content (AvgIpc) is 2.48. The van der Waals surface area contributed by atoms with Crippen molar-refractivity contribution in [2.24, 2.45) is 0 Å². The van der Waals surface area contributed by atoms with Crippen molar-refractivity contribution in [1.82, 2.24) is 0 Å². The summed E-state index contributed by atoms with van der Waals surface area (Å²) in [6.07, 6.45) is 0. The van der Waals surface area contributed by atoms with Crippen LogP contribution in [0.5, 0.6) is 0 Å². The number of hydrogen-bond donors (Lipinski definition) is 1. The first-order chi connectivity index (χ1) is 11.1. The fourth-order valence-corrected chi connectivity index (χ4v) is 3.66. The molecule has 0 atom stereocenters. The van der Waals surface area contributed by atoms with E-state index in [2.05, 4.69) is 0 Å². The number of hydrogen-bond acceptors (Lipinski definition) is 6. The number of benzene rings is 2. The molecule has 0 aliphatic carbocycles. The largest absolute Gasteiger partial charge is 0.300 e. The average molecular weight is 392 g/mol. The number of anilines is 1. The first kappa shape index (κ1) is 17.9. The minimum absolute atomic E-state index is 0.0526. The lowest BCUT2D eigenvalue weighted by Gasteiger charge is -2.10. The van der Waals surface area contributed by atoms with Gasteiger partial charge in [-0.3, -0.25) is 25.0 Å². The van der Waals surface area contributed by atoms with Gasteiger partial charge in [0.15, 0.2) is 0 Å². The number of nitrogens with zero attached hydrogens (tertiary/aromatic N) is 2. The molecule has 126 valence electrons. The van der Waals surface area contributed by atoms with Gasteiger partial charge in [-0.1, -0.05) is 23.2 Å². The van der Waals surface area contributed by atoms with Crippen LogP contribution in [0.4, 0.5) is 17.1 Å². The van der Waals surface area contributed by atoms with E-state index in [0.717, 1.165) is 24.3 Å². The molecule has 0 saturated carbocycles. The fraction of sp³-hybridized carbons (Fsp3) is 0. The number of sulfonamides is 1. The molecular formula is C12H7Cl2N3O6S. The van der Waals surface area contributed by atoms with Crippen LogP contribution in [0.3, 0.4) is 0 Å². The SMILES string of the molecule is O=[N+]([O-])c1cccc([N+](=O)[O-])c1NS(=O)(=O)c1cc(Cl)ccc1Cl. The highest BCUT2D eigenvalue weighted by molar-refractivity contribution is 7.92. The number of para-hydroxylation sites is 1. The smallest absolute Gasteiger partial charge is 0.267 e. The van der Waals surface area contributed by atoms with Gasteiger partial charge in [0.1, 0.15) is 4.90 Å². The second kappa shape index (κ2) is 6.59. The lowest BCUT2D eigenvalue weighted by molar-refractivity contribution is -0.392. The van der Waals surface area contributed by atoms with Crippen molar-refractivity contribution < 1.29 is 18.3 Å². The van der Waals surface area contributed by atoms with E-state index in [9.17, 15) is 28.6 Å². The van der Waals surface area contributed by atoms with Gasteiger partial charge in [0.05, 0.1) is 14.9 Å². The summed E-state index contributed by atoms with van der Waals surface area (Å²) < 4.78 is 26.7. The van der Waals surface area contributed by atoms with E-state index < -0.39 is 41.8 Å². The van der Waals surface area contributed by atoms with Crippen LogP contribution in [0.25, 0.3) is 0 Å². The van der Waals surface area contributed by atoms with Crippen LogP contribution < -0.4 is 4.72 Å². The molecule has 0 heterocycles. The lowest BCUT2D eigenvalue weighted by Crippen LogP contribution is -2.16. The van der Waals surface area contributed by atoms with Crippen molar-refractivity contribution in [3.8, 4) is 0 Å². The van der Waals surface area contributed by atoms with E-state index in [1.165, 1.54) is 12.1 Å². The molecule has 12 heteroatoms. The van der Waals surface area contributed by atoms with Gasteiger partial charge < -0.3 is 0 Å². The molecule has 2 aromatic carbocycles. The summed E-state index contributed by atoms with van der Waals surface area (Å²) in [5, 5.41) is 21.9. The molecule has 0 aliphatic rings. The van der Waals surface area contributed by atoms with Crippen LogP contribution in [0.15, 0.2) is 41.3 Å². The second-order valence-electron chi connectivity index (χ2n) is 4.37. The number of nitro groups is 2. The molecule has 2 rings (SSSR count). The molecule has 1 N–H and O–H groups in total. The van der Waals surface area contributed by atoms with E-state index in [-0.39, 0.29) is 10.0 Å². The summed E-state index contributed by atoms with van der Waals surface area (Å²) in [6.45, 7) is 0. The van der Waals surface area contributed by atoms with Crippen molar-refractivity contribution >= 4 is 50.3 Å². The monoisotopic (exact) mass is 391 g/mol. The Hall–Kier alpha value is -2.43. The summed E-state index contributed by atoms with van der Waals surface area (Å²) >= 11 is 11.5. The van der Waals surface area contributed by atoms with Crippen molar-refractivity contribution in [3.63, 3.8) is 0 Å². The highest BCUT2D eigenvalue weighted by atomic mass is 35.5. The molecule has 0 aliphatic heterocycles. The molecule has 2 aromatic rings. The molecule has 0 fully saturated rings. The molecule has 0 aromatic heterocycles. The molecule has 0 bridgehead atoms. The van der Waals surface area contributed by atoms with Crippen molar-refractivity contribution in [3.05, 3.63) is 66.7 Å². The van der Waals surface area contributed by atoms with Gasteiger partial charge in [0.25, 0.3) is 21.4 Å². The van der Waals surface area contributed by atoms with E-state index in [1.807, 2.05) is 4.72 Å². The Balaban J connectivity index is 2.64. The predicted octanol–water partition coefficient (Wildman–Crippen LogP) is 3.61. The maximum absolute atomic E-state index is 12.4. The van der Waals surface area contributed by atoms with Gasteiger partial charge in [-0.2, -0.15) is 0 Å². The van der Waals surface area contributed by atoms with Crippen molar-refractivity contribution in [2.75, 3.05) is 4.72 Å². The minimum Gasteiger partial charge on any atom is -0.267 e. The zero-order valence-electron chi connectivity index (χ0n) is 11.5. The van der Waals surface area contributed by atoms with Crippen LogP contribution >= 0.6 is 23.2 Å². The van der Waals surface area contributed by atoms with Crippen molar-refractivity contribution in [1.29, 1.82) is 0 Å². The van der Waals surface area contributed by atoms with Gasteiger partial charge in [0, 0.05) is 17.2 Å². The van der Waals surface area contributed by atoms with Gasteiger partial charge in [0.2, 0.25) is 5.69 Å². The third-order valence-electron chi connectivity index (χ3n) is 2.83. The Morgan fingerprint density at radius 1 is 0.958 bits per heavy atom. The van der Waals surface area contributed by atoms with E-state index >= 15 is 0 Å². The quantitative estimate of drug-likeness (QED) is 0.611. The Morgan fingerprint density at radius 2 is 1.50 bits per heavy atom. The third-order valence-corrected chi connectivity index (χ3v) is 4.90. The minimum atomic E-state index is -4.45. The van der Waals surface area contributed by atoms with E-state index in [0.29, 0.717) is 0 Å². The standard InChI is InChI=1S/C12H7Cl2N3O6S/c13-7-4-5-8(14)11(6-7)24(22,23)15-12-9(16(18)19)2-1-3-10(12)17(20)21/h1-6,15H. The molecule has 0 saturated heterocycles. The first-order valence-corrected chi connectivity index (χ1v) is 8.27. The summed E-state index contributed by atoms with van der Waals surface area (Å²) in [6, 6.07) is 6.52. The zero-order chi connectivity index (χ0) is 18.1. The Morgan fingerprint density at radius 3 is 2.00 bits per heavy atom. The Labute approximate surface area is 145 Å². The number of halogens is 2. The molecule has 0 unspecified atom stereocenters. The van der Waals surface area contributed by atoms with Crippen LogP contribution in [0.1, 0.15) is 0 Å². The number of nitrogens with one attached hydrogen (secondary N) is 1. The topological polar surface area (TPSA) is 132 Å². The highest BCUT2D eigenvalue weighted by Gasteiger charge is 2.30. The predicted molar refractivity (Wildman–Crippen MR) is 87.0 cm³/mol. The molecular weight excluding hydrogens is 385 g/mol. The van der Waals surface area contributed by atoms with Crippen molar-refractivity contribution in [2.45, 2.75) is 4.90 Å². The Bertz CT molecular complexity index is 916. The number of nitro benzene ring substituents is 2. The maximum Gasteiger partial charge on any atom is 0.300 e. The molecule has 0 radical (unpaired) electrons. The number of rotatable bonds is 5. The van der Waals surface area contributed by atoms with Crippen LogP contribution in [0, 0.1) is 20.2 Å². The van der Waals surface area contributed by atoms with Gasteiger partial charge in [-0.25, -0.2) is 8.42 Å². The normalized spacial score (nSPS) is 11.1. The Kier molecular flexibility index (Phi) is 4.92. The molecule has 24 heavy (non-hydrogen) atoms.